The fraction of sp³-hybridized carbons (Fsp3) is 0.333. The first-order valence-electron chi connectivity index (χ1n) is 7.79. The topological polar surface area (TPSA) is 99.8 Å². The summed E-state index contributed by atoms with van der Waals surface area (Å²) in [5.74, 6) is -1.60. The number of hydrogen-bond acceptors (Lipinski definition) is 4. The molecule has 0 bridgehead atoms. The van der Waals surface area contributed by atoms with Gasteiger partial charge in [-0.3, -0.25) is 9.59 Å². The Hall–Kier alpha value is -2.31. The number of carbonyl (C=O) groups is 2. The highest BCUT2D eigenvalue weighted by molar-refractivity contribution is 6.33. The molecule has 132 valence electrons. The molecule has 1 saturated carbocycles. The van der Waals surface area contributed by atoms with Gasteiger partial charge in [0, 0.05) is 11.3 Å². The van der Waals surface area contributed by atoms with Crippen molar-refractivity contribution in [2.45, 2.75) is 20.5 Å². The number of hydrogen-bond donors (Lipinski definition) is 3. The molecular weight excluding hydrogens is 346 g/mol. The summed E-state index contributed by atoms with van der Waals surface area (Å²) in [7, 11) is 0. The smallest absolute Gasteiger partial charge is 0.307 e. The average molecular weight is 364 g/mol. The van der Waals surface area contributed by atoms with Crippen LogP contribution < -0.4 is 5.32 Å². The minimum absolute atomic E-state index is 0.201. The molecule has 1 aliphatic carbocycles. The summed E-state index contributed by atoms with van der Waals surface area (Å²) in [6.07, 6.45) is 0. The van der Waals surface area contributed by atoms with Crippen molar-refractivity contribution >= 4 is 29.2 Å². The van der Waals surface area contributed by atoms with E-state index >= 15 is 0 Å². The quantitative estimate of drug-likeness (QED) is 0.756. The van der Waals surface area contributed by atoms with E-state index in [-0.39, 0.29) is 12.5 Å². The molecule has 2 aromatic rings. The van der Waals surface area contributed by atoms with E-state index in [0.29, 0.717) is 27.8 Å². The van der Waals surface area contributed by atoms with Crippen molar-refractivity contribution in [3.63, 3.8) is 0 Å². The van der Waals surface area contributed by atoms with Gasteiger partial charge in [0.1, 0.15) is 18.1 Å². The third-order valence-electron chi connectivity index (χ3n) is 4.70. The molecule has 3 N–H and O–H groups in total. The number of furan rings is 1. The first-order chi connectivity index (χ1) is 11.8. The normalized spacial score (nSPS) is 21.0. The summed E-state index contributed by atoms with van der Waals surface area (Å²) in [6.45, 7) is 3.33. The van der Waals surface area contributed by atoms with E-state index < -0.39 is 23.2 Å². The van der Waals surface area contributed by atoms with Crippen LogP contribution in [0.25, 0.3) is 11.3 Å². The Labute approximate surface area is 149 Å². The molecule has 0 radical (unpaired) electrons. The molecule has 25 heavy (non-hydrogen) atoms. The number of carboxylic acid groups (broad SMARTS) is 1. The Morgan fingerprint density at radius 1 is 1.24 bits per heavy atom. The number of carboxylic acids is 1. The molecule has 1 aromatic heterocycles. The molecule has 0 saturated heterocycles. The van der Waals surface area contributed by atoms with Crippen molar-refractivity contribution in [1.82, 2.24) is 0 Å². The van der Waals surface area contributed by atoms with Gasteiger partial charge >= 0.3 is 5.97 Å². The zero-order chi connectivity index (χ0) is 18.4. The maximum absolute atomic E-state index is 12.3. The lowest BCUT2D eigenvalue weighted by Gasteiger charge is -2.08. The number of amides is 1. The highest BCUT2D eigenvalue weighted by atomic mass is 35.5. The maximum atomic E-state index is 12.3. The molecule has 2 atom stereocenters. The van der Waals surface area contributed by atoms with Crippen LogP contribution in [0, 0.1) is 17.3 Å². The lowest BCUT2D eigenvalue weighted by atomic mass is 10.1. The van der Waals surface area contributed by atoms with Gasteiger partial charge in [0.15, 0.2) is 0 Å². The van der Waals surface area contributed by atoms with Crippen molar-refractivity contribution in [3.8, 4) is 11.3 Å². The summed E-state index contributed by atoms with van der Waals surface area (Å²) in [5.41, 5.74) is 0.559. The Bertz CT molecular complexity index is 842. The molecule has 6 nitrogen and oxygen atoms in total. The van der Waals surface area contributed by atoms with Crippen LogP contribution in [0.5, 0.6) is 0 Å². The van der Waals surface area contributed by atoms with Gasteiger partial charge in [-0.1, -0.05) is 25.4 Å². The van der Waals surface area contributed by atoms with Crippen LogP contribution in [0.1, 0.15) is 19.6 Å². The zero-order valence-electron chi connectivity index (χ0n) is 13.7. The summed E-state index contributed by atoms with van der Waals surface area (Å²) in [6, 6.07) is 8.31. The maximum Gasteiger partial charge on any atom is 0.307 e. The van der Waals surface area contributed by atoms with Gasteiger partial charge in [0.2, 0.25) is 5.91 Å². The van der Waals surface area contributed by atoms with Crippen LogP contribution in [-0.2, 0) is 16.2 Å². The molecule has 1 heterocycles. The van der Waals surface area contributed by atoms with Crippen molar-refractivity contribution in [3.05, 3.63) is 41.1 Å². The minimum Gasteiger partial charge on any atom is -0.481 e. The standard InChI is InChI=1S/C18H18ClNO5/c1-18(2)14(15(18)17(23)24)16(22)20-9-3-5-11(12(19)7-9)13-6-4-10(8-21)25-13/h3-7,14-15,21H,8H2,1-2H3,(H,20,22)(H,23,24)/t14-,15-/m0/s1. The van der Waals surface area contributed by atoms with E-state index in [9.17, 15) is 14.7 Å². The molecule has 7 heteroatoms. The van der Waals surface area contributed by atoms with E-state index in [0.717, 1.165) is 0 Å². The van der Waals surface area contributed by atoms with Crippen LogP contribution in [0.15, 0.2) is 34.7 Å². The van der Waals surface area contributed by atoms with Gasteiger partial charge in [-0.2, -0.15) is 0 Å². The fourth-order valence-electron chi connectivity index (χ4n) is 3.21. The third kappa shape index (κ3) is 3.15. The van der Waals surface area contributed by atoms with Crippen LogP contribution in [-0.4, -0.2) is 22.1 Å². The largest absolute Gasteiger partial charge is 0.481 e. The number of anilines is 1. The fourth-order valence-corrected chi connectivity index (χ4v) is 3.48. The molecule has 1 fully saturated rings. The number of rotatable bonds is 5. The first kappa shape index (κ1) is 17.5. The lowest BCUT2D eigenvalue weighted by molar-refractivity contribution is -0.140. The lowest BCUT2D eigenvalue weighted by Crippen LogP contribution is -2.17. The summed E-state index contributed by atoms with van der Waals surface area (Å²) < 4.78 is 5.45. The summed E-state index contributed by atoms with van der Waals surface area (Å²) >= 11 is 6.26. The van der Waals surface area contributed by atoms with E-state index in [1.54, 1.807) is 44.2 Å². The Morgan fingerprint density at radius 3 is 2.48 bits per heavy atom. The SMILES string of the molecule is CC1(C)[C@H](C(=O)O)[C@H]1C(=O)Nc1ccc(-c2ccc(CO)o2)c(Cl)c1. The molecule has 0 spiro atoms. The van der Waals surface area contributed by atoms with Crippen molar-refractivity contribution in [2.75, 3.05) is 5.32 Å². The van der Waals surface area contributed by atoms with E-state index in [4.69, 9.17) is 21.1 Å². The van der Waals surface area contributed by atoms with Crippen LogP contribution in [0.3, 0.4) is 0 Å². The average Bonchev–Trinajstić information content (AvgIpc) is 2.90. The van der Waals surface area contributed by atoms with Crippen LogP contribution >= 0.6 is 11.6 Å². The number of aliphatic hydroxyl groups is 1. The second-order valence-electron chi connectivity index (χ2n) is 6.72. The van der Waals surface area contributed by atoms with Gasteiger partial charge in [-0.05, 0) is 35.7 Å². The summed E-state index contributed by atoms with van der Waals surface area (Å²) in [5, 5.41) is 21.3. The molecular formula is C18H18ClNO5. The Kier molecular flexibility index (Phi) is 4.34. The first-order valence-corrected chi connectivity index (χ1v) is 8.16. The number of aliphatic hydroxyl groups excluding tert-OH is 1. The van der Waals surface area contributed by atoms with Gasteiger partial charge in [0.05, 0.1) is 16.9 Å². The van der Waals surface area contributed by atoms with Crippen molar-refractivity contribution < 1.29 is 24.2 Å². The summed E-state index contributed by atoms with van der Waals surface area (Å²) in [4.78, 5) is 23.5. The molecule has 3 rings (SSSR count). The van der Waals surface area contributed by atoms with E-state index in [2.05, 4.69) is 5.32 Å². The minimum atomic E-state index is -0.962. The number of benzene rings is 1. The van der Waals surface area contributed by atoms with Gasteiger partial charge in [0.25, 0.3) is 0 Å². The number of nitrogens with one attached hydrogen (secondary N) is 1. The number of aliphatic carboxylic acids is 1. The molecule has 0 unspecified atom stereocenters. The van der Waals surface area contributed by atoms with Crippen LogP contribution in [0.2, 0.25) is 5.02 Å². The zero-order valence-corrected chi connectivity index (χ0v) is 14.5. The highest BCUT2D eigenvalue weighted by Gasteiger charge is 2.65. The Balaban J connectivity index is 1.75. The van der Waals surface area contributed by atoms with E-state index in [1.165, 1.54) is 0 Å². The predicted molar refractivity (Wildman–Crippen MR) is 92.1 cm³/mol. The molecule has 1 aromatic carbocycles. The third-order valence-corrected chi connectivity index (χ3v) is 5.01. The van der Waals surface area contributed by atoms with Crippen LogP contribution in [0.4, 0.5) is 5.69 Å². The highest BCUT2D eigenvalue weighted by Crippen LogP contribution is 2.58. The number of carbonyl (C=O) groups excluding carboxylic acids is 1. The Morgan fingerprint density at radius 2 is 1.96 bits per heavy atom. The second kappa shape index (κ2) is 6.20. The van der Waals surface area contributed by atoms with Crippen molar-refractivity contribution in [1.29, 1.82) is 0 Å². The predicted octanol–water partition coefficient (Wildman–Crippen LogP) is 3.39. The molecule has 1 aliphatic rings. The monoisotopic (exact) mass is 363 g/mol. The van der Waals surface area contributed by atoms with Gasteiger partial charge in [-0.15, -0.1) is 0 Å². The molecule has 0 aliphatic heterocycles. The molecule has 1 amide bonds. The second-order valence-corrected chi connectivity index (χ2v) is 7.13. The van der Waals surface area contributed by atoms with Gasteiger partial charge < -0.3 is 19.9 Å². The van der Waals surface area contributed by atoms with Gasteiger partial charge in [-0.25, -0.2) is 0 Å². The van der Waals surface area contributed by atoms with Crippen molar-refractivity contribution in [2.24, 2.45) is 17.3 Å². The van der Waals surface area contributed by atoms with E-state index in [1.807, 2.05) is 0 Å². The number of halogens is 1.